The molecule has 1 rings (SSSR count). The number of carbonyl (C=O) groups excluding carboxylic acids is 1. The number of rotatable bonds is 5. The van der Waals surface area contributed by atoms with Crippen molar-refractivity contribution < 1.29 is 19.4 Å². The first-order chi connectivity index (χ1) is 6.91. The normalized spacial score (nSPS) is 21.5. The van der Waals surface area contributed by atoms with E-state index in [4.69, 9.17) is 21.3 Å². The molecule has 6 heteroatoms. The minimum Gasteiger partial charge on any atom is -0.479 e. The maximum absolute atomic E-state index is 11.5. The van der Waals surface area contributed by atoms with Crippen molar-refractivity contribution in [2.75, 3.05) is 6.54 Å². The molecule has 86 valence electrons. The fraction of sp³-hybridized carbons (Fsp3) is 0.778. The predicted octanol–water partition coefficient (Wildman–Crippen LogP) is -0.931. The fourth-order valence-electron chi connectivity index (χ4n) is 1.19. The molecule has 0 aliphatic heterocycles. The molecule has 1 aliphatic rings. The number of carboxylic acid groups (broad SMARTS) is 1. The number of nitrogens with two attached hydrogens (primary N) is 2. The zero-order chi connectivity index (χ0) is 11.6. The van der Waals surface area contributed by atoms with Crippen molar-refractivity contribution in [2.24, 2.45) is 17.4 Å². The molecule has 0 aromatic heterocycles. The van der Waals surface area contributed by atoms with Crippen molar-refractivity contribution >= 4 is 11.9 Å². The Morgan fingerprint density at radius 3 is 2.47 bits per heavy atom. The summed E-state index contributed by atoms with van der Waals surface area (Å²) in [5.41, 5.74) is 8.40. The predicted molar refractivity (Wildman–Crippen MR) is 51.9 cm³/mol. The summed E-state index contributed by atoms with van der Waals surface area (Å²) in [6, 6.07) is 0. The molecule has 0 aromatic rings. The third kappa shape index (κ3) is 2.45. The van der Waals surface area contributed by atoms with Crippen molar-refractivity contribution in [3.63, 3.8) is 0 Å². The highest BCUT2D eigenvalue weighted by molar-refractivity contribution is 6.04. The third-order valence-corrected chi connectivity index (χ3v) is 2.65. The van der Waals surface area contributed by atoms with E-state index in [1.165, 1.54) is 0 Å². The van der Waals surface area contributed by atoms with Gasteiger partial charge >= 0.3 is 11.9 Å². The lowest BCUT2D eigenvalue weighted by Gasteiger charge is -2.23. The van der Waals surface area contributed by atoms with Gasteiger partial charge in [-0.25, -0.2) is 9.59 Å². The van der Waals surface area contributed by atoms with E-state index in [9.17, 15) is 9.59 Å². The van der Waals surface area contributed by atoms with E-state index in [0.29, 0.717) is 5.92 Å². The highest BCUT2D eigenvalue weighted by atomic mass is 16.5. The highest BCUT2D eigenvalue weighted by Crippen LogP contribution is 2.34. The van der Waals surface area contributed by atoms with Gasteiger partial charge in [-0.3, -0.25) is 0 Å². The van der Waals surface area contributed by atoms with Gasteiger partial charge in [-0.1, -0.05) is 0 Å². The van der Waals surface area contributed by atoms with Gasteiger partial charge in [0.05, 0.1) is 0 Å². The van der Waals surface area contributed by atoms with E-state index >= 15 is 0 Å². The summed E-state index contributed by atoms with van der Waals surface area (Å²) in [5.74, 6) is -2.08. The molecule has 5 N–H and O–H groups in total. The molecule has 6 nitrogen and oxygen atoms in total. The van der Waals surface area contributed by atoms with E-state index in [-0.39, 0.29) is 6.10 Å². The van der Waals surface area contributed by atoms with Crippen molar-refractivity contribution in [1.82, 2.24) is 0 Å². The molecule has 1 aliphatic carbocycles. The zero-order valence-corrected chi connectivity index (χ0v) is 8.60. The lowest BCUT2D eigenvalue weighted by molar-refractivity contribution is -0.164. The second-order valence-corrected chi connectivity index (χ2v) is 3.93. The van der Waals surface area contributed by atoms with Crippen LogP contribution in [0, 0.1) is 5.92 Å². The van der Waals surface area contributed by atoms with Crippen LogP contribution in [0.2, 0.25) is 0 Å². The molecule has 0 amide bonds. The van der Waals surface area contributed by atoms with Gasteiger partial charge in [0, 0.05) is 6.54 Å². The first-order valence-electron chi connectivity index (χ1n) is 4.85. The molecule has 2 unspecified atom stereocenters. The average molecular weight is 216 g/mol. The molecule has 2 atom stereocenters. The Morgan fingerprint density at radius 2 is 2.13 bits per heavy atom. The van der Waals surface area contributed by atoms with Crippen LogP contribution < -0.4 is 11.5 Å². The monoisotopic (exact) mass is 216 g/mol. The topological polar surface area (TPSA) is 116 Å². The quantitative estimate of drug-likeness (QED) is 0.404. The van der Waals surface area contributed by atoms with Crippen molar-refractivity contribution in [3.05, 3.63) is 0 Å². The third-order valence-electron chi connectivity index (χ3n) is 2.65. The SMILES string of the molecule is CC(OC(=O)C(N)(CN)C(=O)O)C1CC1. The molecule has 0 heterocycles. The zero-order valence-electron chi connectivity index (χ0n) is 8.60. The van der Waals surface area contributed by atoms with Crippen molar-refractivity contribution in [2.45, 2.75) is 31.4 Å². The minimum atomic E-state index is -2.12. The fourth-order valence-corrected chi connectivity index (χ4v) is 1.19. The Bertz CT molecular complexity index is 277. The number of carboxylic acids is 1. The summed E-state index contributed by atoms with van der Waals surface area (Å²) < 4.78 is 4.97. The number of esters is 1. The maximum Gasteiger partial charge on any atom is 0.339 e. The molecule has 15 heavy (non-hydrogen) atoms. The standard InChI is InChI=1S/C9H16N2O4/c1-5(6-2-3-6)15-8(14)9(11,4-10)7(12)13/h5-6H,2-4,10-11H2,1H3,(H,12,13). The van der Waals surface area contributed by atoms with Crippen molar-refractivity contribution in [1.29, 1.82) is 0 Å². The second kappa shape index (κ2) is 4.16. The highest BCUT2D eigenvalue weighted by Gasteiger charge is 2.44. The van der Waals surface area contributed by atoms with Gasteiger partial charge in [0.1, 0.15) is 6.10 Å². The van der Waals surface area contributed by atoms with E-state index in [0.717, 1.165) is 12.8 Å². The van der Waals surface area contributed by atoms with Gasteiger partial charge in [0.2, 0.25) is 5.54 Å². The van der Waals surface area contributed by atoms with E-state index in [1.54, 1.807) is 6.92 Å². The smallest absolute Gasteiger partial charge is 0.339 e. The molecule has 0 bridgehead atoms. The van der Waals surface area contributed by atoms with E-state index < -0.39 is 24.0 Å². The average Bonchev–Trinajstić information content (AvgIpc) is 2.98. The molecule has 1 fully saturated rings. The Labute approximate surface area is 87.6 Å². The Balaban J connectivity index is 2.60. The summed E-state index contributed by atoms with van der Waals surface area (Å²) in [7, 11) is 0. The lowest BCUT2D eigenvalue weighted by atomic mass is 10.0. The summed E-state index contributed by atoms with van der Waals surface area (Å²) in [4.78, 5) is 22.2. The van der Waals surface area contributed by atoms with Crippen LogP contribution in [0.15, 0.2) is 0 Å². The van der Waals surface area contributed by atoms with Crippen LogP contribution in [0.3, 0.4) is 0 Å². The first-order valence-corrected chi connectivity index (χ1v) is 4.85. The number of aliphatic carboxylic acids is 1. The summed E-state index contributed by atoms with van der Waals surface area (Å²) >= 11 is 0. The molecule has 0 saturated heterocycles. The number of ether oxygens (including phenoxy) is 1. The number of hydrogen-bond acceptors (Lipinski definition) is 5. The number of carbonyl (C=O) groups is 2. The van der Waals surface area contributed by atoms with Gasteiger partial charge in [0.15, 0.2) is 0 Å². The molecular formula is C9H16N2O4. The largest absolute Gasteiger partial charge is 0.479 e. The van der Waals surface area contributed by atoms with Gasteiger partial charge < -0.3 is 21.3 Å². The Kier molecular flexibility index (Phi) is 3.31. The van der Waals surface area contributed by atoms with Crippen LogP contribution >= 0.6 is 0 Å². The summed E-state index contributed by atoms with van der Waals surface area (Å²) in [6.45, 7) is 1.26. The van der Waals surface area contributed by atoms with Crippen LogP contribution in [0.25, 0.3) is 0 Å². The molecule has 1 saturated carbocycles. The summed E-state index contributed by atoms with van der Waals surface area (Å²) in [6.07, 6.45) is 1.72. The molecule has 0 spiro atoms. The van der Waals surface area contributed by atoms with Gasteiger partial charge in [-0.2, -0.15) is 0 Å². The van der Waals surface area contributed by atoms with Crippen molar-refractivity contribution in [3.8, 4) is 0 Å². The Morgan fingerprint density at radius 1 is 1.60 bits per heavy atom. The van der Waals surface area contributed by atoms with Crippen LogP contribution in [0.5, 0.6) is 0 Å². The first kappa shape index (κ1) is 11.9. The van der Waals surface area contributed by atoms with Gasteiger partial charge in [-0.15, -0.1) is 0 Å². The van der Waals surface area contributed by atoms with Gasteiger partial charge in [0.25, 0.3) is 0 Å². The van der Waals surface area contributed by atoms with E-state index in [2.05, 4.69) is 0 Å². The molecular weight excluding hydrogens is 200 g/mol. The maximum atomic E-state index is 11.5. The molecule has 0 aromatic carbocycles. The molecule has 0 radical (unpaired) electrons. The minimum absolute atomic E-state index is 0.286. The lowest BCUT2D eigenvalue weighted by Crippen LogP contribution is -2.61. The van der Waals surface area contributed by atoms with E-state index in [1.807, 2.05) is 0 Å². The van der Waals surface area contributed by atoms with Crippen LogP contribution in [-0.4, -0.2) is 35.2 Å². The summed E-state index contributed by atoms with van der Waals surface area (Å²) in [5, 5.41) is 8.76. The Hall–Kier alpha value is -1.14. The van der Waals surface area contributed by atoms with Crippen LogP contribution in [0.1, 0.15) is 19.8 Å². The van der Waals surface area contributed by atoms with Gasteiger partial charge in [-0.05, 0) is 25.7 Å². The number of hydrogen-bond donors (Lipinski definition) is 3. The van der Waals surface area contributed by atoms with Crippen LogP contribution in [-0.2, 0) is 14.3 Å². The van der Waals surface area contributed by atoms with Crippen LogP contribution in [0.4, 0.5) is 0 Å². The second-order valence-electron chi connectivity index (χ2n) is 3.93.